The quantitative estimate of drug-likeness (QED) is 0.705. The zero-order valence-electron chi connectivity index (χ0n) is 13.8. The highest BCUT2D eigenvalue weighted by Crippen LogP contribution is 2.46. The van der Waals surface area contributed by atoms with Crippen LogP contribution in [0.2, 0.25) is 0 Å². The molecule has 1 N–H and O–H groups in total. The first-order valence-electron chi connectivity index (χ1n) is 8.04. The maximum atomic E-state index is 14.3. The van der Waals surface area contributed by atoms with Crippen molar-refractivity contribution in [1.29, 1.82) is 0 Å². The third-order valence-corrected chi connectivity index (χ3v) is 7.48. The van der Waals surface area contributed by atoms with Crippen LogP contribution in [0, 0.1) is 11.6 Å². The second kappa shape index (κ2) is 6.54. The number of hydrogen-bond donors (Lipinski definition) is 1. The van der Waals surface area contributed by atoms with E-state index in [2.05, 4.69) is 5.32 Å². The average molecular weight is 405 g/mol. The first-order valence-corrected chi connectivity index (χ1v) is 10.4. The molecule has 3 aromatic rings. The summed E-state index contributed by atoms with van der Waals surface area (Å²) in [5.74, 6) is -2.56. The molecule has 1 aliphatic heterocycles. The van der Waals surface area contributed by atoms with Gasteiger partial charge in [-0.3, -0.25) is 4.79 Å². The lowest BCUT2D eigenvalue weighted by atomic mass is 9.90. The number of benzene rings is 2. The zero-order chi connectivity index (χ0) is 19.2. The van der Waals surface area contributed by atoms with Crippen LogP contribution in [0.25, 0.3) is 0 Å². The number of hydrogen-bond acceptors (Lipinski definition) is 4. The lowest BCUT2D eigenvalue weighted by Crippen LogP contribution is -2.24. The van der Waals surface area contributed by atoms with Crippen LogP contribution < -0.4 is 5.32 Å². The van der Waals surface area contributed by atoms with Crippen molar-refractivity contribution in [2.75, 3.05) is 5.32 Å². The molecule has 1 atom stereocenters. The molecule has 4 nitrogen and oxygen atoms in total. The van der Waals surface area contributed by atoms with Gasteiger partial charge in [-0.25, -0.2) is 17.2 Å². The Morgan fingerprint density at radius 1 is 1.07 bits per heavy atom. The third kappa shape index (κ3) is 3.04. The van der Waals surface area contributed by atoms with E-state index in [0.29, 0.717) is 4.88 Å². The molecule has 0 saturated carbocycles. The number of nitrogens with one attached hydrogen (secondary N) is 1. The predicted molar refractivity (Wildman–Crippen MR) is 97.7 cm³/mol. The largest absolute Gasteiger partial charge is 0.324 e. The molecule has 1 unspecified atom stereocenters. The van der Waals surface area contributed by atoms with Crippen molar-refractivity contribution in [2.45, 2.75) is 22.1 Å². The van der Waals surface area contributed by atoms with Gasteiger partial charge in [-0.2, -0.15) is 0 Å². The Morgan fingerprint density at radius 2 is 1.81 bits per heavy atom. The maximum absolute atomic E-state index is 14.3. The average Bonchev–Trinajstić information content (AvgIpc) is 3.06. The third-order valence-electron chi connectivity index (χ3n) is 4.44. The van der Waals surface area contributed by atoms with Crippen molar-refractivity contribution in [1.82, 2.24) is 0 Å². The van der Waals surface area contributed by atoms with Gasteiger partial charge in [0.15, 0.2) is 0 Å². The number of anilines is 1. The van der Waals surface area contributed by atoms with Gasteiger partial charge in [0, 0.05) is 28.7 Å². The number of fused-ring (bicyclic) bond motifs is 1. The summed E-state index contributed by atoms with van der Waals surface area (Å²) in [5, 5.41) is 4.06. The van der Waals surface area contributed by atoms with Gasteiger partial charge < -0.3 is 5.32 Å². The normalized spacial score (nSPS) is 16.7. The Morgan fingerprint density at radius 3 is 2.52 bits per heavy atom. The van der Waals surface area contributed by atoms with E-state index in [1.807, 2.05) is 0 Å². The van der Waals surface area contributed by atoms with E-state index in [1.165, 1.54) is 23.6 Å². The number of thiophene rings is 1. The second-order valence-electron chi connectivity index (χ2n) is 6.13. The lowest BCUT2D eigenvalue weighted by Gasteiger charge is -2.24. The summed E-state index contributed by atoms with van der Waals surface area (Å²) in [5.41, 5.74) is 0.340. The van der Waals surface area contributed by atoms with E-state index in [1.54, 1.807) is 18.2 Å². The summed E-state index contributed by atoms with van der Waals surface area (Å²) in [6, 6.07) is 11.1. The fourth-order valence-corrected chi connectivity index (χ4v) is 6.08. The Kier molecular flexibility index (Phi) is 4.32. The molecule has 8 heteroatoms. The van der Waals surface area contributed by atoms with Gasteiger partial charge >= 0.3 is 0 Å². The minimum Gasteiger partial charge on any atom is -0.324 e. The monoisotopic (exact) mass is 405 g/mol. The Balaban J connectivity index is 1.85. The molecule has 2 heterocycles. The molecule has 0 saturated heterocycles. The number of rotatable bonds is 3. The summed E-state index contributed by atoms with van der Waals surface area (Å²) < 4.78 is 53.4. The van der Waals surface area contributed by atoms with E-state index in [4.69, 9.17) is 0 Å². The molecule has 0 fully saturated rings. The minimum absolute atomic E-state index is 0.0192. The van der Waals surface area contributed by atoms with Gasteiger partial charge in [0.25, 0.3) is 0 Å². The summed E-state index contributed by atoms with van der Waals surface area (Å²) >= 11 is 1.14. The van der Waals surface area contributed by atoms with Gasteiger partial charge in [-0.05, 0) is 23.8 Å². The highest BCUT2D eigenvalue weighted by atomic mass is 32.2. The van der Waals surface area contributed by atoms with E-state index in [0.717, 1.165) is 23.5 Å². The maximum Gasteiger partial charge on any atom is 0.225 e. The summed E-state index contributed by atoms with van der Waals surface area (Å²) in [7, 11) is -3.84. The van der Waals surface area contributed by atoms with Crippen molar-refractivity contribution in [3.05, 3.63) is 76.0 Å². The Hall–Kier alpha value is -2.58. The van der Waals surface area contributed by atoms with Gasteiger partial charge in [-0.1, -0.05) is 24.3 Å². The fourth-order valence-electron chi connectivity index (χ4n) is 3.16. The second-order valence-corrected chi connectivity index (χ2v) is 8.96. The van der Waals surface area contributed by atoms with Crippen molar-refractivity contribution in [2.24, 2.45) is 0 Å². The molecule has 27 heavy (non-hydrogen) atoms. The highest BCUT2D eigenvalue weighted by molar-refractivity contribution is 7.91. The molecular formula is C19H13F2NO3S2. The Labute approximate surface area is 158 Å². The Bertz CT molecular complexity index is 1140. The number of amides is 1. The summed E-state index contributed by atoms with van der Waals surface area (Å²) in [6.45, 7) is 0. The number of carbonyl (C=O) groups excluding carboxylic acids is 1. The van der Waals surface area contributed by atoms with E-state index in [9.17, 15) is 22.0 Å². The minimum atomic E-state index is -3.84. The standard InChI is InChI=1S/C19H13F2NO3S2/c20-11-6-7-13(15(21)8-11)14-9-17(23)22-18-16(10-26-19(14)18)27(24,25)12-4-2-1-3-5-12/h1-8,10,14H,9H2,(H,22,23). The first kappa shape index (κ1) is 17.8. The van der Waals surface area contributed by atoms with Crippen LogP contribution in [0.4, 0.5) is 14.5 Å². The molecule has 0 bridgehead atoms. The molecule has 1 aromatic heterocycles. The van der Waals surface area contributed by atoms with Crippen LogP contribution in [0.3, 0.4) is 0 Å². The first-order chi connectivity index (χ1) is 12.9. The van der Waals surface area contributed by atoms with Gasteiger partial charge in [-0.15, -0.1) is 11.3 Å². The van der Waals surface area contributed by atoms with E-state index >= 15 is 0 Å². The lowest BCUT2D eigenvalue weighted by molar-refractivity contribution is -0.116. The van der Waals surface area contributed by atoms with Crippen molar-refractivity contribution < 1.29 is 22.0 Å². The van der Waals surface area contributed by atoms with Crippen molar-refractivity contribution >= 4 is 32.8 Å². The van der Waals surface area contributed by atoms with Crippen molar-refractivity contribution in [3.63, 3.8) is 0 Å². The van der Waals surface area contributed by atoms with Crippen LogP contribution in [-0.2, 0) is 14.6 Å². The smallest absolute Gasteiger partial charge is 0.225 e. The van der Waals surface area contributed by atoms with Crippen molar-refractivity contribution in [3.8, 4) is 0 Å². The summed E-state index contributed by atoms with van der Waals surface area (Å²) in [6.07, 6.45) is -0.0408. The molecular weight excluding hydrogens is 392 g/mol. The van der Waals surface area contributed by atoms with Gasteiger partial charge in [0.2, 0.25) is 15.7 Å². The van der Waals surface area contributed by atoms with E-state index < -0.39 is 33.3 Å². The molecule has 2 aromatic carbocycles. The highest BCUT2D eigenvalue weighted by Gasteiger charge is 2.35. The number of carbonyl (C=O) groups is 1. The van der Waals surface area contributed by atoms with Gasteiger partial charge in [0.1, 0.15) is 16.5 Å². The number of sulfone groups is 1. The molecule has 1 amide bonds. The molecule has 0 spiro atoms. The van der Waals surface area contributed by atoms with Gasteiger partial charge in [0.05, 0.1) is 10.6 Å². The zero-order valence-corrected chi connectivity index (χ0v) is 15.4. The molecule has 138 valence electrons. The molecule has 0 radical (unpaired) electrons. The van der Waals surface area contributed by atoms with Crippen LogP contribution in [0.1, 0.15) is 22.8 Å². The fraction of sp³-hybridized carbons (Fsp3) is 0.105. The molecule has 0 aliphatic carbocycles. The molecule has 1 aliphatic rings. The predicted octanol–water partition coefficient (Wildman–Crippen LogP) is 4.33. The molecule has 4 rings (SSSR count). The topological polar surface area (TPSA) is 63.2 Å². The van der Waals surface area contributed by atoms with Crippen LogP contribution >= 0.6 is 11.3 Å². The van der Waals surface area contributed by atoms with Crippen LogP contribution in [0.5, 0.6) is 0 Å². The van der Waals surface area contributed by atoms with Crippen LogP contribution in [0.15, 0.2) is 63.7 Å². The van der Waals surface area contributed by atoms with E-state index in [-0.39, 0.29) is 27.5 Å². The van der Waals surface area contributed by atoms with Crippen LogP contribution in [-0.4, -0.2) is 14.3 Å². The summed E-state index contributed by atoms with van der Waals surface area (Å²) in [4.78, 5) is 12.8. The number of halogens is 2. The SMILES string of the molecule is O=C1CC(c2ccc(F)cc2F)c2scc(S(=O)(=O)c3ccccc3)c2N1.